The second-order valence-electron chi connectivity index (χ2n) is 4.04. The van der Waals surface area contributed by atoms with Crippen molar-refractivity contribution in [1.82, 2.24) is 9.88 Å². The van der Waals surface area contributed by atoms with Crippen molar-refractivity contribution in [2.24, 2.45) is 0 Å². The second-order valence-corrected chi connectivity index (χ2v) is 4.04. The first-order valence-electron chi connectivity index (χ1n) is 5.61. The molecule has 0 saturated carbocycles. The van der Waals surface area contributed by atoms with Crippen molar-refractivity contribution in [2.75, 3.05) is 26.0 Å². The average molecular weight is 237 g/mol. The van der Waals surface area contributed by atoms with E-state index in [2.05, 4.69) is 10.3 Å². The first-order valence-corrected chi connectivity index (χ1v) is 5.61. The van der Waals surface area contributed by atoms with Gasteiger partial charge in [0.1, 0.15) is 0 Å². The molecule has 17 heavy (non-hydrogen) atoms. The van der Waals surface area contributed by atoms with E-state index < -0.39 is 6.10 Å². The Balaban J connectivity index is 2.74. The van der Waals surface area contributed by atoms with Gasteiger partial charge in [0.2, 0.25) is 0 Å². The van der Waals surface area contributed by atoms with Crippen LogP contribution in [0.5, 0.6) is 0 Å². The van der Waals surface area contributed by atoms with Crippen LogP contribution >= 0.6 is 0 Å². The van der Waals surface area contributed by atoms with Gasteiger partial charge in [-0.2, -0.15) is 0 Å². The minimum Gasteiger partial charge on any atom is -0.393 e. The molecule has 0 aliphatic rings. The fourth-order valence-corrected chi connectivity index (χ4v) is 1.47. The van der Waals surface area contributed by atoms with Gasteiger partial charge < -0.3 is 15.3 Å². The predicted molar refractivity (Wildman–Crippen MR) is 67.0 cm³/mol. The van der Waals surface area contributed by atoms with Gasteiger partial charge >= 0.3 is 0 Å². The number of hydrogen-bond acceptors (Lipinski definition) is 4. The molecule has 0 saturated heterocycles. The molecule has 0 aromatic carbocycles. The van der Waals surface area contributed by atoms with Crippen molar-refractivity contribution in [3.05, 3.63) is 24.0 Å². The van der Waals surface area contributed by atoms with Gasteiger partial charge in [0.05, 0.1) is 23.6 Å². The van der Waals surface area contributed by atoms with Crippen LogP contribution in [-0.4, -0.2) is 47.6 Å². The summed E-state index contributed by atoms with van der Waals surface area (Å²) in [5, 5.41) is 12.1. The Morgan fingerprint density at radius 1 is 1.65 bits per heavy atom. The molecule has 0 fully saturated rings. The lowest BCUT2D eigenvalue weighted by Crippen LogP contribution is -2.30. The smallest absolute Gasteiger partial charge is 0.255 e. The Kier molecular flexibility index (Phi) is 4.90. The molecular formula is C12H19N3O2. The van der Waals surface area contributed by atoms with Crippen molar-refractivity contribution in [3.8, 4) is 0 Å². The van der Waals surface area contributed by atoms with E-state index in [1.54, 1.807) is 44.4 Å². The summed E-state index contributed by atoms with van der Waals surface area (Å²) < 4.78 is 0. The first-order chi connectivity index (χ1) is 8.06. The Bertz CT molecular complexity index is 380. The van der Waals surface area contributed by atoms with Crippen molar-refractivity contribution in [3.63, 3.8) is 0 Å². The maximum absolute atomic E-state index is 12.1. The summed E-state index contributed by atoms with van der Waals surface area (Å²) in [7, 11) is 3.48. The third-order valence-corrected chi connectivity index (χ3v) is 2.55. The number of pyridine rings is 1. The fraction of sp³-hybridized carbons (Fsp3) is 0.500. The van der Waals surface area contributed by atoms with Crippen molar-refractivity contribution < 1.29 is 9.90 Å². The highest BCUT2D eigenvalue weighted by Gasteiger charge is 2.15. The summed E-state index contributed by atoms with van der Waals surface area (Å²) in [6.45, 7) is 2.24. The number of nitrogens with zero attached hydrogens (tertiary/aromatic N) is 2. The summed E-state index contributed by atoms with van der Waals surface area (Å²) in [6.07, 6.45) is 3.39. The van der Waals surface area contributed by atoms with Gasteiger partial charge in [-0.05, 0) is 19.4 Å². The quantitative estimate of drug-likeness (QED) is 0.800. The molecule has 1 amide bonds. The van der Waals surface area contributed by atoms with E-state index >= 15 is 0 Å². The average Bonchev–Trinajstić information content (AvgIpc) is 2.34. The zero-order chi connectivity index (χ0) is 12.8. The van der Waals surface area contributed by atoms with Gasteiger partial charge in [-0.3, -0.25) is 9.78 Å². The number of aliphatic hydroxyl groups excluding tert-OH is 1. The number of rotatable bonds is 5. The number of carbonyl (C=O) groups excluding carboxylic acids is 1. The maximum Gasteiger partial charge on any atom is 0.255 e. The zero-order valence-corrected chi connectivity index (χ0v) is 10.5. The zero-order valence-electron chi connectivity index (χ0n) is 10.5. The topological polar surface area (TPSA) is 65.5 Å². The maximum atomic E-state index is 12.1. The molecule has 94 valence electrons. The molecule has 0 bridgehead atoms. The van der Waals surface area contributed by atoms with Gasteiger partial charge in [-0.15, -0.1) is 0 Å². The number of hydrogen-bond donors (Lipinski definition) is 2. The van der Waals surface area contributed by atoms with E-state index in [1.807, 2.05) is 0 Å². The Morgan fingerprint density at radius 2 is 2.35 bits per heavy atom. The highest BCUT2D eigenvalue weighted by Crippen LogP contribution is 2.14. The van der Waals surface area contributed by atoms with Crippen LogP contribution in [0.15, 0.2) is 18.5 Å². The van der Waals surface area contributed by atoms with E-state index in [0.29, 0.717) is 24.2 Å². The molecule has 1 aromatic rings. The van der Waals surface area contributed by atoms with E-state index in [-0.39, 0.29) is 5.91 Å². The lowest BCUT2D eigenvalue weighted by atomic mass is 10.2. The van der Waals surface area contributed by atoms with Crippen molar-refractivity contribution >= 4 is 11.6 Å². The summed E-state index contributed by atoms with van der Waals surface area (Å²) in [4.78, 5) is 17.7. The Morgan fingerprint density at radius 3 is 2.94 bits per heavy atom. The van der Waals surface area contributed by atoms with Gasteiger partial charge in [0.25, 0.3) is 5.91 Å². The molecule has 0 aliphatic carbocycles. The van der Waals surface area contributed by atoms with Crippen LogP contribution in [0.25, 0.3) is 0 Å². The first kappa shape index (κ1) is 13.4. The minimum atomic E-state index is -0.397. The number of aliphatic hydroxyl groups is 1. The lowest BCUT2D eigenvalue weighted by molar-refractivity contribution is 0.0770. The number of carbonyl (C=O) groups is 1. The van der Waals surface area contributed by atoms with E-state index in [1.165, 1.54) is 0 Å². The number of amides is 1. The number of nitrogens with one attached hydrogen (secondary N) is 1. The van der Waals surface area contributed by atoms with Crippen LogP contribution in [0, 0.1) is 0 Å². The Labute approximate surface area is 101 Å². The summed E-state index contributed by atoms with van der Waals surface area (Å²) in [5.41, 5.74) is 1.30. The van der Waals surface area contributed by atoms with Crippen LogP contribution in [0.1, 0.15) is 23.7 Å². The largest absolute Gasteiger partial charge is 0.393 e. The third-order valence-electron chi connectivity index (χ3n) is 2.55. The van der Waals surface area contributed by atoms with Crippen LogP contribution in [0.2, 0.25) is 0 Å². The third kappa shape index (κ3) is 3.71. The van der Waals surface area contributed by atoms with Crippen LogP contribution in [-0.2, 0) is 0 Å². The number of aromatic nitrogens is 1. The normalized spacial score (nSPS) is 12.0. The van der Waals surface area contributed by atoms with E-state index in [0.717, 1.165) is 0 Å². The molecule has 1 aromatic heterocycles. The fourth-order valence-electron chi connectivity index (χ4n) is 1.47. The molecule has 0 spiro atoms. The van der Waals surface area contributed by atoms with Gasteiger partial charge in [-0.25, -0.2) is 0 Å². The van der Waals surface area contributed by atoms with Crippen molar-refractivity contribution in [2.45, 2.75) is 19.4 Å². The number of anilines is 1. The molecule has 0 radical (unpaired) electrons. The van der Waals surface area contributed by atoms with Crippen LogP contribution < -0.4 is 5.32 Å². The molecule has 1 unspecified atom stereocenters. The van der Waals surface area contributed by atoms with Crippen LogP contribution in [0.3, 0.4) is 0 Å². The van der Waals surface area contributed by atoms with Crippen molar-refractivity contribution in [1.29, 1.82) is 0 Å². The minimum absolute atomic E-state index is 0.0719. The molecule has 0 aliphatic heterocycles. The molecular weight excluding hydrogens is 218 g/mol. The van der Waals surface area contributed by atoms with Gasteiger partial charge in [-0.1, -0.05) is 0 Å². The lowest BCUT2D eigenvalue weighted by Gasteiger charge is -2.19. The van der Waals surface area contributed by atoms with E-state index in [4.69, 9.17) is 0 Å². The summed E-state index contributed by atoms with van der Waals surface area (Å²) >= 11 is 0. The summed E-state index contributed by atoms with van der Waals surface area (Å²) in [6, 6.07) is 1.69. The van der Waals surface area contributed by atoms with Crippen LogP contribution in [0.4, 0.5) is 5.69 Å². The monoisotopic (exact) mass is 237 g/mol. The standard InChI is InChI=1S/C12H19N3O2/c1-9(16)5-7-15(3)12(17)10-4-6-14-8-11(10)13-2/h4,6,8-9,13,16H,5,7H2,1-3H3. The molecule has 1 atom stereocenters. The summed E-state index contributed by atoms with van der Waals surface area (Å²) in [5.74, 6) is -0.0719. The van der Waals surface area contributed by atoms with Gasteiger partial charge in [0, 0.05) is 26.8 Å². The van der Waals surface area contributed by atoms with Gasteiger partial charge in [0.15, 0.2) is 0 Å². The van der Waals surface area contributed by atoms with E-state index in [9.17, 15) is 9.90 Å². The SMILES string of the molecule is CNc1cnccc1C(=O)N(C)CCC(C)O. The predicted octanol–water partition coefficient (Wildman–Crippen LogP) is 0.966. The second kappa shape index (κ2) is 6.20. The highest BCUT2D eigenvalue weighted by molar-refractivity contribution is 5.99. The molecule has 1 heterocycles. The Hall–Kier alpha value is -1.62. The highest BCUT2D eigenvalue weighted by atomic mass is 16.3. The molecule has 5 nitrogen and oxygen atoms in total. The molecule has 2 N–H and O–H groups in total. The molecule has 1 rings (SSSR count). The molecule has 5 heteroatoms.